The smallest absolute Gasteiger partial charge is 0.234 e. The lowest BCUT2D eigenvalue weighted by Gasteiger charge is -2.26. The van der Waals surface area contributed by atoms with Gasteiger partial charge in [-0.05, 0) is 34.5 Å². The summed E-state index contributed by atoms with van der Waals surface area (Å²) in [6.45, 7) is 2.94. The number of carbonyl (C=O) groups excluding carboxylic acids is 1. The molecule has 1 amide bonds. The number of nitrogens with zero attached hydrogens (tertiary/aromatic N) is 1. The van der Waals surface area contributed by atoms with Crippen LogP contribution in [0.3, 0.4) is 0 Å². The van der Waals surface area contributed by atoms with Gasteiger partial charge in [-0.25, -0.2) is 0 Å². The van der Waals surface area contributed by atoms with Crippen LogP contribution in [0, 0.1) is 0 Å². The van der Waals surface area contributed by atoms with E-state index in [4.69, 9.17) is 11.6 Å². The van der Waals surface area contributed by atoms with Crippen molar-refractivity contribution in [1.29, 1.82) is 0 Å². The van der Waals surface area contributed by atoms with Gasteiger partial charge in [-0.2, -0.15) is 0 Å². The fraction of sp³-hybridized carbons (Fsp3) is 0.308. The van der Waals surface area contributed by atoms with Crippen molar-refractivity contribution in [2.24, 2.45) is 0 Å². The van der Waals surface area contributed by atoms with E-state index in [1.54, 1.807) is 11.3 Å². The molecule has 0 spiro atoms. The van der Waals surface area contributed by atoms with Gasteiger partial charge in [0.05, 0.1) is 6.54 Å². The van der Waals surface area contributed by atoms with E-state index in [2.05, 4.69) is 21.7 Å². The molecule has 3 rings (SSSR count). The number of piperazine rings is 1. The van der Waals surface area contributed by atoms with Gasteiger partial charge in [-0.15, -0.1) is 11.3 Å². The SMILES string of the molecule is O=C1CN(Cc2csc3ccc(Cl)cc23)CCN1. The summed E-state index contributed by atoms with van der Waals surface area (Å²) in [6, 6.07) is 5.97. The molecule has 0 radical (unpaired) electrons. The van der Waals surface area contributed by atoms with Crippen molar-refractivity contribution in [2.45, 2.75) is 6.54 Å². The fourth-order valence-electron chi connectivity index (χ4n) is 2.24. The van der Waals surface area contributed by atoms with Gasteiger partial charge in [-0.1, -0.05) is 11.6 Å². The monoisotopic (exact) mass is 280 g/mol. The molecule has 94 valence electrons. The highest BCUT2D eigenvalue weighted by molar-refractivity contribution is 7.17. The molecule has 0 bridgehead atoms. The van der Waals surface area contributed by atoms with Crippen molar-refractivity contribution in [1.82, 2.24) is 10.2 Å². The van der Waals surface area contributed by atoms with E-state index < -0.39 is 0 Å². The van der Waals surface area contributed by atoms with Crippen molar-refractivity contribution in [2.75, 3.05) is 19.6 Å². The molecule has 0 atom stereocenters. The lowest BCUT2D eigenvalue weighted by atomic mass is 10.1. The number of nitrogens with one attached hydrogen (secondary N) is 1. The van der Waals surface area contributed by atoms with Gasteiger partial charge in [0.2, 0.25) is 5.91 Å². The summed E-state index contributed by atoms with van der Waals surface area (Å²) in [6.07, 6.45) is 0. The largest absolute Gasteiger partial charge is 0.354 e. The van der Waals surface area contributed by atoms with E-state index in [0.29, 0.717) is 6.54 Å². The number of halogens is 1. The van der Waals surface area contributed by atoms with Crippen LogP contribution >= 0.6 is 22.9 Å². The van der Waals surface area contributed by atoms with Crippen molar-refractivity contribution in [3.63, 3.8) is 0 Å². The lowest BCUT2D eigenvalue weighted by Crippen LogP contribution is -2.47. The van der Waals surface area contributed by atoms with Gasteiger partial charge in [0.1, 0.15) is 0 Å². The molecule has 1 aromatic carbocycles. The standard InChI is InChI=1S/C13H13ClN2OS/c14-10-1-2-12-11(5-10)9(8-18-12)6-16-4-3-15-13(17)7-16/h1-2,5,8H,3-4,6-7H2,(H,15,17). The van der Waals surface area contributed by atoms with E-state index in [9.17, 15) is 4.79 Å². The van der Waals surface area contributed by atoms with Crippen LogP contribution in [0.5, 0.6) is 0 Å². The highest BCUT2D eigenvalue weighted by Crippen LogP contribution is 2.29. The number of thiophene rings is 1. The van der Waals surface area contributed by atoms with Gasteiger partial charge >= 0.3 is 0 Å². The van der Waals surface area contributed by atoms with Crippen LogP contribution in [-0.2, 0) is 11.3 Å². The van der Waals surface area contributed by atoms with Crippen molar-refractivity contribution < 1.29 is 4.79 Å². The molecule has 0 unspecified atom stereocenters. The Balaban J connectivity index is 1.85. The summed E-state index contributed by atoms with van der Waals surface area (Å²) in [4.78, 5) is 13.5. The third kappa shape index (κ3) is 2.36. The third-order valence-corrected chi connectivity index (χ3v) is 4.37. The number of benzene rings is 1. The first-order valence-corrected chi connectivity index (χ1v) is 7.13. The Hall–Kier alpha value is -1.10. The second-order valence-corrected chi connectivity index (χ2v) is 5.81. The molecule has 3 nitrogen and oxygen atoms in total. The molecule has 0 aliphatic carbocycles. The first-order chi connectivity index (χ1) is 8.72. The summed E-state index contributed by atoms with van der Waals surface area (Å²) in [5.74, 6) is 0.110. The fourth-order valence-corrected chi connectivity index (χ4v) is 3.35. The van der Waals surface area contributed by atoms with E-state index >= 15 is 0 Å². The molecule has 0 saturated carbocycles. The zero-order valence-corrected chi connectivity index (χ0v) is 11.4. The molecule has 2 aromatic rings. The van der Waals surface area contributed by atoms with E-state index in [-0.39, 0.29) is 5.91 Å². The summed E-state index contributed by atoms with van der Waals surface area (Å²) in [5, 5.41) is 6.97. The number of fused-ring (bicyclic) bond motifs is 1. The first-order valence-electron chi connectivity index (χ1n) is 5.87. The van der Waals surface area contributed by atoms with E-state index in [1.807, 2.05) is 12.1 Å². The maximum atomic E-state index is 11.3. The van der Waals surface area contributed by atoms with Crippen LogP contribution in [-0.4, -0.2) is 30.4 Å². The Morgan fingerprint density at radius 3 is 3.17 bits per heavy atom. The molecular weight excluding hydrogens is 268 g/mol. The number of rotatable bonds is 2. The highest BCUT2D eigenvalue weighted by atomic mass is 35.5. The third-order valence-electron chi connectivity index (χ3n) is 3.13. The first kappa shape index (κ1) is 12.0. The van der Waals surface area contributed by atoms with Crippen LogP contribution in [0.1, 0.15) is 5.56 Å². The molecule has 1 aromatic heterocycles. The van der Waals surface area contributed by atoms with Crippen molar-refractivity contribution in [3.05, 3.63) is 34.2 Å². The van der Waals surface area contributed by atoms with Gasteiger partial charge in [0.25, 0.3) is 0 Å². The molecule has 1 aliphatic rings. The molecule has 2 heterocycles. The van der Waals surface area contributed by atoms with Crippen LogP contribution < -0.4 is 5.32 Å². The van der Waals surface area contributed by atoms with Crippen LogP contribution in [0.4, 0.5) is 0 Å². The van der Waals surface area contributed by atoms with Crippen molar-refractivity contribution in [3.8, 4) is 0 Å². The number of hydrogen-bond donors (Lipinski definition) is 1. The predicted molar refractivity (Wildman–Crippen MR) is 75.1 cm³/mol. The molecule has 1 N–H and O–H groups in total. The van der Waals surface area contributed by atoms with Gasteiger partial charge < -0.3 is 5.32 Å². The van der Waals surface area contributed by atoms with Crippen LogP contribution in [0.25, 0.3) is 10.1 Å². The lowest BCUT2D eigenvalue weighted by molar-refractivity contribution is -0.124. The Kier molecular flexibility index (Phi) is 3.24. The molecule has 5 heteroatoms. The molecule has 1 aliphatic heterocycles. The molecule has 1 saturated heterocycles. The van der Waals surface area contributed by atoms with Gasteiger partial charge in [-0.3, -0.25) is 9.69 Å². The Labute approximate surface area is 114 Å². The highest BCUT2D eigenvalue weighted by Gasteiger charge is 2.17. The van der Waals surface area contributed by atoms with E-state index in [1.165, 1.54) is 15.6 Å². The Morgan fingerprint density at radius 1 is 1.44 bits per heavy atom. The van der Waals surface area contributed by atoms with E-state index in [0.717, 1.165) is 24.7 Å². The number of carbonyl (C=O) groups is 1. The second-order valence-electron chi connectivity index (χ2n) is 4.46. The number of amides is 1. The van der Waals surface area contributed by atoms with Crippen molar-refractivity contribution >= 4 is 38.9 Å². The van der Waals surface area contributed by atoms with Gasteiger partial charge in [0, 0.05) is 29.4 Å². The molecule has 18 heavy (non-hydrogen) atoms. The van der Waals surface area contributed by atoms with Gasteiger partial charge in [0.15, 0.2) is 0 Å². The zero-order valence-electron chi connectivity index (χ0n) is 9.78. The zero-order chi connectivity index (χ0) is 12.5. The minimum absolute atomic E-state index is 0.110. The topological polar surface area (TPSA) is 32.3 Å². The summed E-state index contributed by atoms with van der Waals surface area (Å²) < 4.78 is 1.25. The maximum absolute atomic E-state index is 11.3. The summed E-state index contributed by atoms with van der Waals surface area (Å²) in [7, 11) is 0. The number of hydrogen-bond acceptors (Lipinski definition) is 3. The average Bonchev–Trinajstić information content (AvgIpc) is 2.72. The predicted octanol–water partition coefficient (Wildman–Crippen LogP) is 2.49. The minimum Gasteiger partial charge on any atom is -0.354 e. The Morgan fingerprint density at radius 2 is 2.33 bits per heavy atom. The second kappa shape index (κ2) is 4.88. The minimum atomic E-state index is 0.110. The average molecular weight is 281 g/mol. The summed E-state index contributed by atoms with van der Waals surface area (Å²) >= 11 is 7.77. The van der Waals surface area contributed by atoms with Crippen LogP contribution in [0.2, 0.25) is 5.02 Å². The molecule has 1 fully saturated rings. The maximum Gasteiger partial charge on any atom is 0.234 e. The quantitative estimate of drug-likeness (QED) is 0.917. The molecular formula is C13H13ClN2OS. The normalized spacial score (nSPS) is 17.1. The summed E-state index contributed by atoms with van der Waals surface area (Å²) in [5.41, 5.74) is 1.26. The Bertz CT molecular complexity index is 596. The van der Waals surface area contributed by atoms with Crippen LogP contribution in [0.15, 0.2) is 23.6 Å².